The third kappa shape index (κ3) is 1.52. The Morgan fingerprint density at radius 1 is 1.31 bits per heavy atom. The highest BCUT2D eigenvalue weighted by Crippen LogP contribution is 2.13. The Balaban J connectivity index is 2.94. The van der Waals surface area contributed by atoms with Crippen LogP contribution < -0.4 is 5.56 Å². The molecule has 0 atom stereocenters. The maximum atomic E-state index is 12.3. The molecule has 1 heterocycles. The van der Waals surface area contributed by atoms with E-state index in [1.165, 1.54) is 0 Å². The van der Waals surface area contributed by atoms with Gasteiger partial charge in [0.15, 0.2) is 0 Å². The molecule has 2 rings (SSSR count). The summed E-state index contributed by atoms with van der Waals surface area (Å²) >= 11 is 0. The minimum atomic E-state index is 0.0856. The fraction of sp³-hybridized carbons (Fsp3) is 0.385. The van der Waals surface area contributed by atoms with Crippen LogP contribution in [0.3, 0.4) is 0 Å². The highest BCUT2D eigenvalue weighted by Gasteiger charge is 2.09. The normalized spacial score (nSPS) is 10.9. The minimum Gasteiger partial charge on any atom is -0.296 e. The van der Waals surface area contributed by atoms with E-state index in [0.717, 1.165) is 28.7 Å². The SMILES string of the molecule is CCc1nc2cccc(C)c2c(=O)n1CC. The van der Waals surface area contributed by atoms with Gasteiger partial charge >= 0.3 is 0 Å². The molecule has 3 heteroatoms. The van der Waals surface area contributed by atoms with Crippen LogP contribution in [0.2, 0.25) is 0 Å². The van der Waals surface area contributed by atoms with E-state index in [0.29, 0.717) is 6.54 Å². The maximum Gasteiger partial charge on any atom is 0.261 e. The molecular formula is C13H16N2O. The van der Waals surface area contributed by atoms with Gasteiger partial charge in [-0.2, -0.15) is 0 Å². The van der Waals surface area contributed by atoms with E-state index in [4.69, 9.17) is 0 Å². The molecule has 0 unspecified atom stereocenters. The van der Waals surface area contributed by atoms with E-state index in [1.807, 2.05) is 39.0 Å². The van der Waals surface area contributed by atoms with Gasteiger partial charge in [0.25, 0.3) is 5.56 Å². The van der Waals surface area contributed by atoms with Crippen LogP contribution in [0.1, 0.15) is 25.2 Å². The average molecular weight is 216 g/mol. The lowest BCUT2D eigenvalue weighted by molar-refractivity contribution is 0.662. The Labute approximate surface area is 94.7 Å². The summed E-state index contributed by atoms with van der Waals surface area (Å²) in [6.07, 6.45) is 0.785. The number of nitrogens with zero attached hydrogens (tertiary/aromatic N) is 2. The Bertz CT molecular complexity index is 584. The topological polar surface area (TPSA) is 34.9 Å². The van der Waals surface area contributed by atoms with Gasteiger partial charge in [0, 0.05) is 13.0 Å². The molecule has 0 fully saturated rings. The van der Waals surface area contributed by atoms with E-state index in [2.05, 4.69) is 4.98 Å². The summed E-state index contributed by atoms with van der Waals surface area (Å²) in [5, 5.41) is 0.751. The lowest BCUT2D eigenvalue weighted by atomic mass is 10.1. The first-order valence-electron chi connectivity index (χ1n) is 5.68. The van der Waals surface area contributed by atoms with Crippen LogP contribution in [-0.4, -0.2) is 9.55 Å². The highest BCUT2D eigenvalue weighted by molar-refractivity contribution is 5.81. The zero-order valence-electron chi connectivity index (χ0n) is 9.95. The summed E-state index contributed by atoms with van der Waals surface area (Å²) in [4.78, 5) is 16.8. The minimum absolute atomic E-state index is 0.0856. The summed E-state index contributed by atoms with van der Waals surface area (Å²) in [6, 6.07) is 5.81. The molecule has 0 spiro atoms. The van der Waals surface area contributed by atoms with E-state index < -0.39 is 0 Å². The molecule has 0 aliphatic carbocycles. The number of aromatic nitrogens is 2. The fourth-order valence-corrected chi connectivity index (χ4v) is 2.07. The van der Waals surface area contributed by atoms with Gasteiger partial charge in [0.05, 0.1) is 10.9 Å². The number of benzene rings is 1. The molecule has 0 aliphatic rings. The number of hydrogen-bond acceptors (Lipinski definition) is 2. The van der Waals surface area contributed by atoms with Crippen LogP contribution in [0, 0.1) is 6.92 Å². The quantitative estimate of drug-likeness (QED) is 0.772. The first-order valence-corrected chi connectivity index (χ1v) is 5.68. The molecule has 0 N–H and O–H groups in total. The van der Waals surface area contributed by atoms with Crippen molar-refractivity contribution in [1.82, 2.24) is 9.55 Å². The van der Waals surface area contributed by atoms with Crippen LogP contribution in [-0.2, 0) is 13.0 Å². The van der Waals surface area contributed by atoms with Crippen LogP contribution in [0.15, 0.2) is 23.0 Å². The molecule has 0 bridgehead atoms. The Morgan fingerprint density at radius 3 is 2.69 bits per heavy atom. The average Bonchev–Trinajstić information content (AvgIpc) is 2.28. The molecule has 2 aromatic rings. The van der Waals surface area contributed by atoms with Gasteiger partial charge in [-0.25, -0.2) is 4.98 Å². The molecule has 0 saturated carbocycles. The lowest BCUT2D eigenvalue weighted by Crippen LogP contribution is -2.24. The van der Waals surface area contributed by atoms with Crippen LogP contribution in [0.4, 0.5) is 0 Å². The monoisotopic (exact) mass is 216 g/mol. The van der Waals surface area contributed by atoms with Crippen LogP contribution in [0.25, 0.3) is 10.9 Å². The lowest BCUT2D eigenvalue weighted by Gasteiger charge is -2.10. The third-order valence-electron chi connectivity index (χ3n) is 2.90. The molecule has 0 saturated heterocycles. The molecule has 0 aliphatic heterocycles. The Hall–Kier alpha value is -1.64. The molecule has 1 aromatic heterocycles. The molecular weight excluding hydrogens is 200 g/mol. The smallest absolute Gasteiger partial charge is 0.261 e. The first-order chi connectivity index (χ1) is 7.69. The standard InChI is InChI=1S/C13H16N2O/c1-4-11-14-10-8-6-7-9(3)12(10)13(16)15(11)5-2/h6-8H,4-5H2,1-3H3. The summed E-state index contributed by atoms with van der Waals surface area (Å²) in [7, 11) is 0. The molecule has 0 amide bonds. The predicted octanol–water partition coefficient (Wildman–Crippen LogP) is 2.29. The van der Waals surface area contributed by atoms with Gasteiger partial charge in [-0.1, -0.05) is 19.1 Å². The van der Waals surface area contributed by atoms with E-state index in [9.17, 15) is 4.79 Å². The molecule has 16 heavy (non-hydrogen) atoms. The second-order valence-electron chi connectivity index (χ2n) is 3.90. The van der Waals surface area contributed by atoms with E-state index >= 15 is 0 Å². The summed E-state index contributed by atoms with van der Waals surface area (Å²) in [6.45, 7) is 6.64. The highest BCUT2D eigenvalue weighted by atomic mass is 16.1. The van der Waals surface area contributed by atoms with Gasteiger partial charge in [-0.15, -0.1) is 0 Å². The summed E-state index contributed by atoms with van der Waals surface area (Å²) in [5.41, 5.74) is 1.90. The second-order valence-corrected chi connectivity index (χ2v) is 3.90. The van der Waals surface area contributed by atoms with Crippen molar-refractivity contribution >= 4 is 10.9 Å². The zero-order chi connectivity index (χ0) is 11.7. The van der Waals surface area contributed by atoms with E-state index in [-0.39, 0.29) is 5.56 Å². The summed E-state index contributed by atoms with van der Waals surface area (Å²) in [5.74, 6) is 0.866. The largest absolute Gasteiger partial charge is 0.296 e. The van der Waals surface area contributed by atoms with Gasteiger partial charge in [0.2, 0.25) is 0 Å². The molecule has 0 radical (unpaired) electrons. The third-order valence-corrected chi connectivity index (χ3v) is 2.90. The van der Waals surface area contributed by atoms with Crippen molar-refractivity contribution in [2.75, 3.05) is 0 Å². The number of rotatable bonds is 2. The van der Waals surface area contributed by atoms with Crippen molar-refractivity contribution in [3.05, 3.63) is 39.9 Å². The maximum absolute atomic E-state index is 12.3. The molecule has 84 valence electrons. The Morgan fingerprint density at radius 2 is 2.06 bits per heavy atom. The van der Waals surface area contributed by atoms with Crippen molar-refractivity contribution in [1.29, 1.82) is 0 Å². The van der Waals surface area contributed by atoms with Gasteiger partial charge in [0.1, 0.15) is 5.82 Å². The Kier molecular flexibility index (Phi) is 2.77. The van der Waals surface area contributed by atoms with E-state index in [1.54, 1.807) is 4.57 Å². The summed E-state index contributed by atoms with van der Waals surface area (Å²) < 4.78 is 1.76. The number of hydrogen-bond donors (Lipinski definition) is 0. The number of fused-ring (bicyclic) bond motifs is 1. The zero-order valence-corrected chi connectivity index (χ0v) is 9.95. The van der Waals surface area contributed by atoms with Crippen LogP contribution in [0.5, 0.6) is 0 Å². The van der Waals surface area contributed by atoms with Crippen molar-refractivity contribution < 1.29 is 0 Å². The van der Waals surface area contributed by atoms with Crippen molar-refractivity contribution in [2.45, 2.75) is 33.7 Å². The van der Waals surface area contributed by atoms with Gasteiger partial charge < -0.3 is 0 Å². The van der Waals surface area contributed by atoms with Crippen molar-refractivity contribution in [2.24, 2.45) is 0 Å². The molecule has 1 aromatic carbocycles. The molecule has 3 nitrogen and oxygen atoms in total. The predicted molar refractivity (Wildman–Crippen MR) is 65.8 cm³/mol. The van der Waals surface area contributed by atoms with Gasteiger partial charge in [-0.05, 0) is 25.5 Å². The van der Waals surface area contributed by atoms with Gasteiger partial charge in [-0.3, -0.25) is 9.36 Å². The van der Waals surface area contributed by atoms with Crippen molar-refractivity contribution in [3.63, 3.8) is 0 Å². The van der Waals surface area contributed by atoms with Crippen LogP contribution >= 0.6 is 0 Å². The van der Waals surface area contributed by atoms with Crippen molar-refractivity contribution in [3.8, 4) is 0 Å². The fourth-order valence-electron chi connectivity index (χ4n) is 2.07. The first kappa shape index (κ1) is 10.9. The second kappa shape index (κ2) is 4.08. The number of aryl methyl sites for hydroxylation is 2.